The van der Waals surface area contributed by atoms with E-state index in [1.807, 2.05) is 30.3 Å². The fourth-order valence-corrected chi connectivity index (χ4v) is 4.08. The van der Waals surface area contributed by atoms with Crippen LogP contribution in [0, 0.1) is 15.9 Å². The molecule has 0 spiro atoms. The second-order valence-corrected chi connectivity index (χ2v) is 7.15. The van der Waals surface area contributed by atoms with Crippen LogP contribution in [0.3, 0.4) is 0 Å². The Bertz CT molecular complexity index is 844. The van der Waals surface area contributed by atoms with Crippen LogP contribution in [0.15, 0.2) is 53.4 Å². The van der Waals surface area contributed by atoms with Crippen LogP contribution in [0.5, 0.6) is 0 Å². The number of nitrogens with zero attached hydrogens (tertiary/aromatic N) is 2. The molecule has 0 amide bonds. The van der Waals surface area contributed by atoms with Crippen molar-refractivity contribution in [1.82, 2.24) is 4.31 Å². The van der Waals surface area contributed by atoms with E-state index in [4.69, 9.17) is 5.73 Å². The highest BCUT2D eigenvalue weighted by Crippen LogP contribution is 2.29. The van der Waals surface area contributed by atoms with Crippen LogP contribution in [0.4, 0.5) is 10.1 Å². The van der Waals surface area contributed by atoms with Crippen LogP contribution >= 0.6 is 0 Å². The van der Waals surface area contributed by atoms with Gasteiger partial charge < -0.3 is 5.73 Å². The summed E-state index contributed by atoms with van der Waals surface area (Å²) in [6.45, 7) is -0.0219. The molecule has 2 rings (SSSR count). The van der Waals surface area contributed by atoms with E-state index in [0.717, 1.165) is 28.1 Å². The Labute approximate surface area is 145 Å². The third-order valence-electron chi connectivity index (χ3n) is 3.61. The van der Waals surface area contributed by atoms with E-state index in [0.29, 0.717) is 6.42 Å². The topological polar surface area (TPSA) is 107 Å². The van der Waals surface area contributed by atoms with Crippen LogP contribution in [-0.4, -0.2) is 37.3 Å². The Hall–Kier alpha value is -2.36. The van der Waals surface area contributed by atoms with Crippen molar-refractivity contribution in [1.29, 1.82) is 0 Å². The Morgan fingerprint density at radius 1 is 1.08 bits per heavy atom. The molecule has 9 heteroatoms. The van der Waals surface area contributed by atoms with E-state index in [1.54, 1.807) is 0 Å². The first-order valence-electron chi connectivity index (χ1n) is 7.55. The molecule has 0 saturated heterocycles. The minimum Gasteiger partial charge on any atom is -0.329 e. The summed E-state index contributed by atoms with van der Waals surface area (Å²) in [7, 11) is -4.40. The van der Waals surface area contributed by atoms with Crippen molar-refractivity contribution in [3.8, 4) is 0 Å². The average molecular weight is 367 g/mol. The van der Waals surface area contributed by atoms with Gasteiger partial charge in [0, 0.05) is 25.7 Å². The lowest BCUT2D eigenvalue weighted by atomic mass is 10.1. The predicted octanol–water partition coefficient (Wildman–Crippen LogP) is 1.93. The smallest absolute Gasteiger partial charge is 0.292 e. The molecule has 0 bridgehead atoms. The molecule has 0 radical (unpaired) electrons. The standard InChI is InChI=1S/C16H18FN3O4S/c17-14-7-4-8-15(20(21)22)16(14)25(23,24)19(12-10-18)11-9-13-5-2-1-3-6-13/h1-8H,9-12,18H2. The largest absolute Gasteiger partial charge is 0.329 e. The number of hydrogen-bond donors (Lipinski definition) is 1. The molecule has 0 unspecified atom stereocenters. The first-order chi connectivity index (χ1) is 11.9. The van der Waals surface area contributed by atoms with Gasteiger partial charge in [-0.1, -0.05) is 36.4 Å². The van der Waals surface area contributed by atoms with Gasteiger partial charge in [-0.2, -0.15) is 4.31 Å². The van der Waals surface area contributed by atoms with E-state index in [1.165, 1.54) is 0 Å². The summed E-state index contributed by atoms with van der Waals surface area (Å²) in [5.74, 6) is -1.16. The van der Waals surface area contributed by atoms with E-state index >= 15 is 0 Å². The van der Waals surface area contributed by atoms with Gasteiger partial charge in [0.25, 0.3) is 15.7 Å². The first kappa shape index (κ1) is 19.0. The molecular weight excluding hydrogens is 349 g/mol. The molecule has 0 aliphatic rings. The highest BCUT2D eigenvalue weighted by molar-refractivity contribution is 7.89. The van der Waals surface area contributed by atoms with E-state index in [-0.39, 0.29) is 19.6 Å². The zero-order valence-electron chi connectivity index (χ0n) is 13.3. The fourth-order valence-electron chi connectivity index (χ4n) is 2.42. The summed E-state index contributed by atoms with van der Waals surface area (Å²) >= 11 is 0. The maximum atomic E-state index is 14.1. The number of nitro benzene ring substituents is 1. The number of nitrogens with two attached hydrogens (primary N) is 1. The van der Waals surface area contributed by atoms with Crippen LogP contribution in [-0.2, 0) is 16.4 Å². The molecule has 7 nitrogen and oxygen atoms in total. The van der Waals surface area contributed by atoms with Gasteiger partial charge in [-0.05, 0) is 18.1 Å². The van der Waals surface area contributed by atoms with Gasteiger partial charge in [0.1, 0.15) is 5.82 Å². The molecule has 2 aromatic carbocycles. The molecule has 25 heavy (non-hydrogen) atoms. The van der Waals surface area contributed by atoms with Crippen molar-refractivity contribution in [3.05, 3.63) is 70.0 Å². The van der Waals surface area contributed by atoms with Crippen molar-refractivity contribution in [2.45, 2.75) is 11.3 Å². The minimum absolute atomic E-state index is 0.0102. The predicted molar refractivity (Wildman–Crippen MR) is 91.0 cm³/mol. The van der Waals surface area contributed by atoms with Crippen molar-refractivity contribution in [2.75, 3.05) is 19.6 Å². The van der Waals surface area contributed by atoms with Gasteiger partial charge >= 0.3 is 0 Å². The van der Waals surface area contributed by atoms with Crippen LogP contribution in [0.2, 0.25) is 0 Å². The minimum atomic E-state index is -4.40. The molecule has 2 aromatic rings. The van der Waals surface area contributed by atoms with E-state index in [9.17, 15) is 22.9 Å². The number of sulfonamides is 1. The van der Waals surface area contributed by atoms with E-state index in [2.05, 4.69) is 0 Å². The lowest BCUT2D eigenvalue weighted by molar-refractivity contribution is -0.388. The molecule has 0 saturated carbocycles. The number of hydrogen-bond acceptors (Lipinski definition) is 5. The average Bonchev–Trinajstić information content (AvgIpc) is 2.58. The van der Waals surface area contributed by atoms with Crippen LogP contribution in [0.1, 0.15) is 5.56 Å². The normalized spacial score (nSPS) is 11.6. The van der Waals surface area contributed by atoms with E-state index < -0.39 is 31.3 Å². The lowest BCUT2D eigenvalue weighted by Gasteiger charge is -2.21. The number of benzene rings is 2. The highest BCUT2D eigenvalue weighted by Gasteiger charge is 2.34. The van der Waals surface area contributed by atoms with Gasteiger partial charge in [-0.15, -0.1) is 0 Å². The summed E-state index contributed by atoms with van der Waals surface area (Å²) in [4.78, 5) is 9.27. The lowest BCUT2D eigenvalue weighted by Crippen LogP contribution is -2.37. The highest BCUT2D eigenvalue weighted by atomic mass is 32.2. The van der Waals surface area contributed by atoms with Crippen LogP contribution in [0.25, 0.3) is 0 Å². The number of rotatable bonds is 8. The fraction of sp³-hybridized carbons (Fsp3) is 0.250. The van der Waals surface area contributed by atoms with Gasteiger partial charge in [0.2, 0.25) is 0 Å². The second kappa shape index (κ2) is 8.15. The molecule has 0 fully saturated rings. The summed E-state index contributed by atoms with van der Waals surface area (Å²) < 4.78 is 40.7. The van der Waals surface area contributed by atoms with Gasteiger partial charge in [0.15, 0.2) is 4.90 Å². The monoisotopic (exact) mass is 367 g/mol. The summed E-state index contributed by atoms with van der Waals surface area (Å²) in [5.41, 5.74) is 5.58. The molecular formula is C16H18FN3O4S. The zero-order valence-corrected chi connectivity index (χ0v) is 14.2. The quantitative estimate of drug-likeness (QED) is 0.567. The zero-order chi connectivity index (χ0) is 18.4. The van der Waals surface area contributed by atoms with Crippen molar-refractivity contribution in [2.24, 2.45) is 5.73 Å². The number of halogens is 1. The maximum absolute atomic E-state index is 14.1. The Balaban J connectivity index is 2.38. The van der Waals surface area contributed by atoms with Crippen molar-refractivity contribution >= 4 is 15.7 Å². The molecule has 0 atom stereocenters. The SMILES string of the molecule is NCCN(CCc1ccccc1)S(=O)(=O)c1c(F)cccc1[N+](=O)[O-]. The van der Waals surface area contributed by atoms with Gasteiger partial charge in [-0.3, -0.25) is 10.1 Å². The summed E-state index contributed by atoms with van der Waals surface area (Å²) in [6, 6.07) is 12.1. The first-order valence-corrected chi connectivity index (χ1v) is 8.99. The van der Waals surface area contributed by atoms with Gasteiger partial charge in [-0.25, -0.2) is 12.8 Å². The van der Waals surface area contributed by atoms with Crippen molar-refractivity contribution in [3.63, 3.8) is 0 Å². The Morgan fingerprint density at radius 2 is 1.76 bits per heavy atom. The van der Waals surface area contributed by atoms with Crippen molar-refractivity contribution < 1.29 is 17.7 Å². The Morgan fingerprint density at radius 3 is 2.36 bits per heavy atom. The molecule has 0 aromatic heterocycles. The molecule has 0 heterocycles. The maximum Gasteiger partial charge on any atom is 0.292 e. The summed E-state index contributed by atoms with van der Waals surface area (Å²) in [5, 5.41) is 11.1. The second-order valence-electron chi connectivity index (χ2n) is 5.27. The molecule has 2 N–H and O–H groups in total. The summed E-state index contributed by atoms with van der Waals surface area (Å²) in [6.07, 6.45) is 0.377. The third-order valence-corrected chi connectivity index (χ3v) is 5.58. The Kier molecular flexibility index (Phi) is 6.18. The van der Waals surface area contributed by atoms with Gasteiger partial charge in [0.05, 0.1) is 4.92 Å². The molecule has 134 valence electrons. The third kappa shape index (κ3) is 4.38. The molecule has 0 aliphatic carbocycles. The molecule has 0 aliphatic heterocycles. The number of nitro groups is 1. The van der Waals surface area contributed by atoms with Crippen LogP contribution < -0.4 is 5.73 Å².